The minimum absolute atomic E-state index is 0.718. The summed E-state index contributed by atoms with van der Waals surface area (Å²) >= 11 is 0. The van der Waals surface area contributed by atoms with E-state index in [-0.39, 0.29) is 0 Å². The van der Waals surface area contributed by atoms with Gasteiger partial charge in [0.2, 0.25) is 0 Å². The maximum atomic E-state index is 4.65. The first kappa shape index (κ1) is 10.5. The Morgan fingerprint density at radius 2 is 1.75 bits per heavy atom. The molecule has 0 aromatic carbocycles. The third-order valence-electron chi connectivity index (χ3n) is 0.610. The van der Waals surface area contributed by atoms with Crippen molar-refractivity contribution in [3.05, 3.63) is 0 Å². The van der Waals surface area contributed by atoms with Gasteiger partial charge in [-0.2, -0.15) is 0 Å². The maximum Gasteiger partial charge on any atom is 0.179 e. The van der Waals surface area contributed by atoms with Gasteiger partial charge in [0.1, 0.15) is 0 Å². The Morgan fingerprint density at radius 1 is 1.38 bits per heavy atom. The Balaban J connectivity index is 0. The molecule has 0 N–H and O–H groups in total. The fourth-order valence-electron chi connectivity index (χ4n) is 0.0913. The van der Waals surface area contributed by atoms with Gasteiger partial charge in [-0.15, -0.1) is 0 Å². The fourth-order valence-corrected chi connectivity index (χ4v) is 0.0913. The molecule has 0 aliphatic heterocycles. The molecular formula is C6H15NO. The zero-order valence-electron chi connectivity index (χ0n) is 6.36. The van der Waals surface area contributed by atoms with Crippen LogP contribution in [0.1, 0.15) is 20.8 Å². The fraction of sp³-hybridized carbons (Fsp3) is 0.833. The SMILES string of the molecule is CC.CN=C(C)OC. The zero-order valence-corrected chi connectivity index (χ0v) is 6.36. The third-order valence-corrected chi connectivity index (χ3v) is 0.610. The smallest absolute Gasteiger partial charge is 0.179 e. The molecule has 0 amide bonds. The first-order chi connectivity index (χ1) is 3.81. The molecule has 0 bridgehead atoms. The van der Waals surface area contributed by atoms with Crippen LogP contribution in [0, 0.1) is 0 Å². The summed E-state index contributed by atoms with van der Waals surface area (Å²) in [5.74, 6) is 0.718. The molecular weight excluding hydrogens is 102 g/mol. The molecule has 50 valence electrons. The molecule has 0 heterocycles. The molecule has 8 heavy (non-hydrogen) atoms. The molecule has 0 aliphatic carbocycles. The van der Waals surface area contributed by atoms with Crippen LogP contribution in [0.5, 0.6) is 0 Å². The van der Waals surface area contributed by atoms with Crippen LogP contribution in [-0.2, 0) is 4.74 Å². The van der Waals surface area contributed by atoms with E-state index in [9.17, 15) is 0 Å². The van der Waals surface area contributed by atoms with E-state index in [1.165, 1.54) is 0 Å². The van der Waals surface area contributed by atoms with Crippen molar-refractivity contribution in [3.63, 3.8) is 0 Å². The van der Waals surface area contributed by atoms with Gasteiger partial charge in [-0.1, -0.05) is 13.8 Å². The second-order valence-electron chi connectivity index (χ2n) is 0.947. The Bertz CT molecular complexity index is 59.5. The van der Waals surface area contributed by atoms with Gasteiger partial charge < -0.3 is 4.74 Å². The molecule has 0 fully saturated rings. The monoisotopic (exact) mass is 117 g/mol. The van der Waals surface area contributed by atoms with E-state index in [2.05, 4.69) is 9.73 Å². The van der Waals surface area contributed by atoms with E-state index in [4.69, 9.17) is 0 Å². The first-order valence-electron chi connectivity index (χ1n) is 2.78. The van der Waals surface area contributed by atoms with E-state index in [1.54, 1.807) is 21.1 Å². The number of ether oxygens (including phenoxy) is 1. The highest BCUT2D eigenvalue weighted by Crippen LogP contribution is 1.69. The average molecular weight is 117 g/mol. The molecule has 0 saturated carbocycles. The summed E-state index contributed by atoms with van der Waals surface area (Å²) in [6.45, 7) is 5.81. The van der Waals surface area contributed by atoms with E-state index in [0.717, 1.165) is 5.90 Å². The molecule has 2 nitrogen and oxygen atoms in total. The highest BCUT2D eigenvalue weighted by molar-refractivity contribution is 5.72. The summed E-state index contributed by atoms with van der Waals surface area (Å²) in [5.41, 5.74) is 0. The van der Waals surface area contributed by atoms with Crippen LogP contribution in [-0.4, -0.2) is 20.1 Å². The maximum absolute atomic E-state index is 4.65. The molecule has 0 rings (SSSR count). The van der Waals surface area contributed by atoms with Crippen molar-refractivity contribution in [1.82, 2.24) is 0 Å². The molecule has 0 aliphatic rings. The molecule has 0 unspecified atom stereocenters. The predicted molar refractivity (Wildman–Crippen MR) is 37.4 cm³/mol. The van der Waals surface area contributed by atoms with Crippen LogP contribution in [0.4, 0.5) is 0 Å². The van der Waals surface area contributed by atoms with E-state index in [0.29, 0.717) is 0 Å². The second kappa shape index (κ2) is 9.69. The Labute approximate surface area is 51.6 Å². The highest BCUT2D eigenvalue weighted by Gasteiger charge is 1.74. The number of hydrogen-bond donors (Lipinski definition) is 0. The van der Waals surface area contributed by atoms with Crippen molar-refractivity contribution >= 4 is 5.90 Å². The van der Waals surface area contributed by atoms with E-state index in [1.807, 2.05) is 13.8 Å². The lowest BCUT2D eigenvalue weighted by Gasteiger charge is -1.90. The summed E-state index contributed by atoms with van der Waals surface area (Å²) in [5, 5.41) is 0. The van der Waals surface area contributed by atoms with Crippen LogP contribution in [0.3, 0.4) is 0 Å². The predicted octanol–water partition coefficient (Wildman–Crippen LogP) is 1.71. The van der Waals surface area contributed by atoms with E-state index >= 15 is 0 Å². The standard InChI is InChI=1S/C4H9NO.C2H6/c1-4(5-2)6-3;1-2/h1-3H3;1-2H3. The Kier molecular flexibility index (Phi) is 12.7. The zero-order chi connectivity index (χ0) is 6.99. The molecule has 0 aromatic rings. The largest absolute Gasteiger partial charge is 0.485 e. The summed E-state index contributed by atoms with van der Waals surface area (Å²) in [4.78, 5) is 3.70. The molecule has 2 heteroatoms. The molecule has 0 radical (unpaired) electrons. The van der Waals surface area contributed by atoms with Crippen molar-refractivity contribution in [2.24, 2.45) is 4.99 Å². The van der Waals surface area contributed by atoms with Crippen molar-refractivity contribution in [3.8, 4) is 0 Å². The minimum atomic E-state index is 0.718. The topological polar surface area (TPSA) is 21.6 Å². The average Bonchev–Trinajstić information content (AvgIpc) is 1.91. The van der Waals surface area contributed by atoms with Gasteiger partial charge in [-0.3, -0.25) is 4.99 Å². The van der Waals surface area contributed by atoms with Crippen LogP contribution in [0.25, 0.3) is 0 Å². The van der Waals surface area contributed by atoms with Crippen molar-refractivity contribution in [2.45, 2.75) is 20.8 Å². The van der Waals surface area contributed by atoms with Crippen molar-refractivity contribution in [1.29, 1.82) is 0 Å². The minimum Gasteiger partial charge on any atom is -0.485 e. The van der Waals surface area contributed by atoms with Crippen LogP contribution < -0.4 is 0 Å². The van der Waals surface area contributed by atoms with E-state index < -0.39 is 0 Å². The molecule has 0 atom stereocenters. The lowest BCUT2D eigenvalue weighted by Crippen LogP contribution is -1.90. The summed E-state index contributed by atoms with van der Waals surface area (Å²) in [7, 11) is 3.29. The number of aliphatic imine (C=N–C) groups is 1. The summed E-state index contributed by atoms with van der Waals surface area (Å²) in [6.07, 6.45) is 0. The number of hydrogen-bond acceptors (Lipinski definition) is 2. The molecule has 0 saturated heterocycles. The van der Waals surface area contributed by atoms with Gasteiger partial charge in [0.25, 0.3) is 0 Å². The molecule has 0 aromatic heterocycles. The Morgan fingerprint density at radius 3 is 1.75 bits per heavy atom. The first-order valence-corrected chi connectivity index (χ1v) is 2.78. The van der Waals surface area contributed by atoms with Gasteiger partial charge in [0.05, 0.1) is 7.11 Å². The van der Waals surface area contributed by atoms with Crippen molar-refractivity contribution < 1.29 is 4.74 Å². The highest BCUT2D eigenvalue weighted by atomic mass is 16.5. The van der Waals surface area contributed by atoms with Gasteiger partial charge in [-0.25, -0.2) is 0 Å². The van der Waals surface area contributed by atoms with Crippen LogP contribution in [0.15, 0.2) is 4.99 Å². The van der Waals surface area contributed by atoms with Gasteiger partial charge in [0.15, 0.2) is 5.90 Å². The van der Waals surface area contributed by atoms with Gasteiger partial charge >= 0.3 is 0 Å². The number of rotatable bonds is 0. The quantitative estimate of drug-likeness (QED) is 0.349. The second-order valence-corrected chi connectivity index (χ2v) is 0.947. The summed E-state index contributed by atoms with van der Waals surface area (Å²) < 4.78 is 4.65. The lowest BCUT2D eigenvalue weighted by molar-refractivity contribution is 0.399. The third kappa shape index (κ3) is 9.08. The summed E-state index contributed by atoms with van der Waals surface area (Å²) in [6, 6.07) is 0. The van der Waals surface area contributed by atoms with Crippen molar-refractivity contribution in [2.75, 3.05) is 14.2 Å². The van der Waals surface area contributed by atoms with Gasteiger partial charge in [0, 0.05) is 14.0 Å². The number of nitrogens with zero attached hydrogens (tertiary/aromatic N) is 1. The lowest BCUT2D eigenvalue weighted by atomic mass is 10.8. The van der Waals surface area contributed by atoms with Gasteiger partial charge in [-0.05, 0) is 0 Å². The van der Waals surface area contributed by atoms with Crippen LogP contribution in [0.2, 0.25) is 0 Å². The molecule has 0 spiro atoms. The number of methoxy groups -OCH3 is 1. The normalized spacial score (nSPS) is 9.38. The van der Waals surface area contributed by atoms with Crippen LogP contribution >= 0.6 is 0 Å². The Hall–Kier alpha value is -0.530.